The molecule has 0 radical (unpaired) electrons. The van der Waals surface area contributed by atoms with Crippen molar-refractivity contribution in [3.8, 4) is 0 Å². The van der Waals surface area contributed by atoms with Crippen LogP contribution in [0, 0.1) is 5.92 Å². The largest absolute Gasteiger partial charge is 0.396 e. The van der Waals surface area contributed by atoms with Crippen molar-refractivity contribution < 1.29 is 5.11 Å². The van der Waals surface area contributed by atoms with Gasteiger partial charge >= 0.3 is 0 Å². The summed E-state index contributed by atoms with van der Waals surface area (Å²) in [4.78, 5) is 0. The lowest BCUT2D eigenvalue weighted by Crippen LogP contribution is -2.37. The molecule has 2 heteroatoms. The molecule has 3 unspecified atom stereocenters. The summed E-state index contributed by atoms with van der Waals surface area (Å²) in [6, 6.07) is 21.6. The van der Waals surface area contributed by atoms with Gasteiger partial charge in [0.2, 0.25) is 0 Å². The first-order valence-electron chi connectivity index (χ1n) is 7.66. The lowest BCUT2D eigenvalue weighted by Gasteiger charge is -2.27. The molecule has 112 valence electrons. The van der Waals surface area contributed by atoms with Gasteiger partial charge in [0, 0.05) is 18.7 Å². The standard InChI is InChI=1S/C19H25NO/c1-15(14-21)16(2)20-19(18-11-7-4-8-12-18)13-17-9-5-3-6-10-17/h3-12,15-16,19-21H,13-14H2,1-2H3. The maximum atomic E-state index is 9.34. The molecular formula is C19H25NO. The first-order chi connectivity index (χ1) is 10.2. The third kappa shape index (κ3) is 4.69. The fourth-order valence-corrected chi connectivity index (χ4v) is 2.45. The average Bonchev–Trinajstić information content (AvgIpc) is 2.55. The second kappa shape index (κ2) is 7.96. The number of nitrogens with one attached hydrogen (secondary N) is 1. The number of aliphatic hydroxyl groups excluding tert-OH is 1. The van der Waals surface area contributed by atoms with Gasteiger partial charge in [-0.1, -0.05) is 67.6 Å². The summed E-state index contributed by atoms with van der Waals surface area (Å²) >= 11 is 0. The first-order valence-corrected chi connectivity index (χ1v) is 7.66. The zero-order chi connectivity index (χ0) is 15.1. The highest BCUT2D eigenvalue weighted by Crippen LogP contribution is 2.20. The smallest absolute Gasteiger partial charge is 0.0471 e. The topological polar surface area (TPSA) is 32.3 Å². The monoisotopic (exact) mass is 283 g/mol. The van der Waals surface area contributed by atoms with Crippen LogP contribution < -0.4 is 5.32 Å². The average molecular weight is 283 g/mol. The first kappa shape index (κ1) is 15.7. The zero-order valence-electron chi connectivity index (χ0n) is 12.9. The third-order valence-corrected chi connectivity index (χ3v) is 4.09. The quantitative estimate of drug-likeness (QED) is 0.814. The van der Waals surface area contributed by atoms with Crippen molar-refractivity contribution in [2.75, 3.05) is 6.61 Å². The summed E-state index contributed by atoms with van der Waals surface area (Å²) < 4.78 is 0. The Morgan fingerprint density at radius 3 is 2.05 bits per heavy atom. The number of aliphatic hydroxyl groups is 1. The molecule has 2 N–H and O–H groups in total. The molecule has 0 amide bonds. The third-order valence-electron chi connectivity index (χ3n) is 4.09. The fraction of sp³-hybridized carbons (Fsp3) is 0.368. The van der Waals surface area contributed by atoms with Crippen LogP contribution in [0.5, 0.6) is 0 Å². The summed E-state index contributed by atoms with van der Waals surface area (Å²) in [5.74, 6) is 0.243. The lowest BCUT2D eigenvalue weighted by molar-refractivity contribution is 0.200. The molecule has 2 nitrogen and oxygen atoms in total. The van der Waals surface area contributed by atoms with Gasteiger partial charge in [0.1, 0.15) is 0 Å². The maximum absolute atomic E-state index is 9.34. The second-order valence-electron chi connectivity index (χ2n) is 5.77. The molecule has 0 bridgehead atoms. The van der Waals surface area contributed by atoms with E-state index in [9.17, 15) is 5.11 Å². The molecule has 0 heterocycles. The van der Waals surface area contributed by atoms with Gasteiger partial charge in [0.05, 0.1) is 0 Å². The van der Waals surface area contributed by atoms with E-state index in [1.807, 2.05) is 12.1 Å². The molecule has 0 aliphatic carbocycles. The molecule has 0 spiro atoms. The van der Waals surface area contributed by atoms with Crippen molar-refractivity contribution in [2.45, 2.75) is 32.4 Å². The van der Waals surface area contributed by atoms with Crippen LogP contribution >= 0.6 is 0 Å². The summed E-state index contributed by atoms with van der Waals surface area (Å²) in [7, 11) is 0. The van der Waals surface area contributed by atoms with Crippen LogP contribution in [0.25, 0.3) is 0 Å². The Morgan fingerprint density at radius 1 is 0.905 bits per heavy atom. The number of hydrogen-bond acceptors (Lipinski definition) is 2. The van der Waals surface area contributed by atoms with E-state index in [1.165, 1.54) is 11.1 Å². The van der Waals surface area contributed by atoms with E-state index in [1.54, 1.807) is 0 Å². The van der Waals surface area contributed by atoms with Gasteiger partial charge in [-0.15, -0.1) is 0 Å². The minimum absolute atomic E-state index is 0.209. The lowest BCUT2D eigenvalue weighted by atomic mass is 9.96. The van der Waals surface area contributed by atoms with Crippen molar-refractivity contribution >= 4 is 0 Å². The second-order valence-corrected chi connectivity index (χ2v) is 5.77. The van der Waals surface area contributed by atoms with E-state index >= 15 is 0 Å². The Kier molecular flexibility index (Phi) is 5.97. The van der Waals surface area contributed by atoms with Gasteiger partial charge in [0.15, 0.2) is 0 Å². The molecular weight excluding hydrogens is 258 g/mol. The van der Waals surface area contributed by atoms with E-state index in [2.05, 4.69) is 67.7 Å². The summed E-state index contributed by atoms with van der Waals surface area (Å²) in [6.45, 7) is 4.42. The van der Waals surface area contributed by atoms with Crippen LogP contribution in [0.2, 0.25) is 0 Å². The van der Waals surface area contributed by atoms with Crippen molar-refractivity contribution in [1.29, 1.82) is 0 Å². The van der Waals surface area contributed by atoms with E-state index in [0.717, 1.165) is 6.42 Å². The number of rotatable bonds is 7. The summed E-state index contributed by atoms with van der Waals surface area (Å²) in [6.07, 6.45) is 0.952. The van der Waals surface area contributed by atoms with Crippen molar-refractivity contribution in [1.82, 2.24) is 5.32 Å². The highest BCUT2D eigenvalue weighted by Gasteiger charge is 2.18. The van der Waals surface area contributed by atoms with Crippen LogP contribution in [0.15, 0.2) is 60.7 Å². The Balaban J connectivity index is 2.15. The zero-order valence-corrected chi connectivity index (χ0v) is 12.9. The Labute approximate surface area is 127 Å². The van der Waals surface area contributed by atoms with Gasteiger partial charge in [-0.3, -0.25) is 0 Å². The van der Waals surface area contributed by atoms with E-state index in [-0.39, 0.29) is 24.6 Å². The summed E-state index contributed by atoms with van der Waals surface area (Å²) in [5, 5.41) is 13.0. The molecule has 0 fully saturated rings. The Bertz CT molecular complexity index is 512. The van der Waals surface area contributed by atoms with Crippen molar-refractivity contribution in [3.05, 3.63) is 71.8 Å². The van der Waals surface area contributed by atoms with Crippen LogP contribution in [0.4, 0.5) is 0 Å². The summed E-state index contributed by atoms with van der Waals surface area (Å²) in [5.41, 5.74) is 2.61. The van der Waals surface area contributed by atoms with Gasteiger partial charge in [-0.05, 0) is 30.4 Å². The minimum Gasteiger partial charge on any atom is -0.396 e. The molecule has 0 aliphatic rings. The van der Waals surface area contributed by atoms with Gasteiger partial charge in [0.25, 0.3) is 0 Å². The molecule has 2 rings (SSSR count). The van der Waals surface area contributed by atoms with E-state index in [0.29, 0.717) is 0 Å². The number of hydrogen-bond donors (Lipinski definition) is 2. The van der Waals surface area contributed by atoms with Crippen LogP contribution in [-0.4, -0.2) is 17.8 Å². The molecule has 21 heavy (non-hydrogen) atoms. The van der Waals surface area contributed by atoms with Crippen LogP contribution in [-0.2, 0) is 6.42 Å². The van der Waals surface area contributed by atoms with Gasteiger partial charge < -0.3 is 10.4 Å². The molecule has 0 saturated carbocycles. The minimum atomic E-state index is 0.209. The molecule has 2 aromatic rings. The van der Waals surface area contributed by atoms with Crippen LogP contribution in [0.1, 0.15) is 31.0 Å². The highest BCUT2D eigenvalue weighted by atomic mass is 16.3. The SMILES string of the molecule is CC(CO)C(C)NC(Cc1ccccc1)c1ccccc1. The molecule has 3 atom stereocenters. The van der Waals surface area contributed by atoms with E-state index in [4.69, 9.17) is 0 Å². The maximum Gasteiger partial charge on any atom is 0.0471 e. The molecule has 0 saturated heterocycles. The predicted molar refractivity (Wildman–Crippen MR) is 88.2 cm³/mol. The fourth-order valence-electron chi connectivity index (χ4n) is 2.45. The molecule has 2 aromatic carbocycles. The van der Waals surface area contributed by atoms with Gasteiger partial charge in [-0.25, -0.2) is 0 Å². The van der Waals surface area contributed by atoms with E-state index < -0.39 is 0 Å². The van der Waals surface area contributed by atoms with Crippen molar-refractivity contribution in [2.24, 2.45) is 5.92 Å². The molecule has 0 aliphatic heterocycles. The molecule has 0 aromatic heterocycles. The van der Waals surface area contributed by atoms with Gasteiger partial charge in [-0.2, -0.15) is 0 Å². The number of benzene rings is 2. The normalized spacial score (nSPS) is 15.4. The van der Waals surface area contributed by atoms with Crippen molar-refractivity contribution in [3.63, 3.8) is 0 Å². The highest BCUT2D eigenvalue weighted by molar-refractivity contribution is 5.23. The Morgan fingerprint density at radius 2 is 1.48 bits per heavy atom. The van der Waals surface area contributed by atoms with Crippen LogP contribution in [0.3, 0.4) is 0 Å². The Hall–Kier alpha value is -1.64. The predicted octanol–water partition coefficient (Wildman–Crippen LogP) is 3.58.